The number of hydrogen-bond donors (Lipinski definition) is 1. The van der Waals surface area contributed by atoms with E-state index in [2.05, 4.69) is 13.8 Å². The van der Waals surface area contributed by atoms with Crippen LogP contribution in [0.5, 0.6) is 0 Å². The summed E-state index contributed by atoms with van der Waals surface area (Å²) in [7, 11) is 0. The average molecular weight is 155 g/mol. The van der Waals surface area contributed by atoms with Crippen molar-refractivity contribution in [1.29, 1.82) is 0 Å². The Bertz CT molecular complexity index is 99.4. The first-order chi connectivity index (χ1) is 5.25. The van der Waals surface area contributed by atoms with E-state index >= 15 is 0 Å². The van der Waals surface area contributed by atoms with Gasteiger partial charge in [0, 0.05) is 0 Å². The fourth-order valence-corrected chi connectivity index (χ4v) is 2.39. The molecule has 11 heavy (non-hydrogen) atoms. The minimum absolute atomic E-state index is 0.789. The van der Waals surface area contributed by atoms with E-state index in [1.807, 2.05) is 0 Å². The van der Waals surface area contributed by atoms with E-state index in [9.17, 15) is 0 Å². The molecule has 2 N–H and O–H groups in total. The molecule has 1 rings (SSSR count). The number of rotatable bonds is 1. The van der Waals surface area contributed by atoms with Gasteiger partial charge in [0.2, 0.25) is 0 Å². The third-order valence-corrected chi connectivity index (χ3v) is 3.30. The second-order valence-corrected chi connectivity index (χ2v) is 4.14. The Morgan fingerprint density at radius 3 is 1.91 bits per heavy atom. The van der Waals surface area contributed by atoms with Crippen LogP contribution in [0.15, 0.2) is 0 Å². The number of hydrogen-bond acceptors (Lipinski definition) is 1. The highest BCUT2D eigenvalue weighted by atomic mass is 14.6. The predicted molar refractivity (Wildman–Crippen MR) is 49.3 cm³/mol. The maximum Gasteiger partial charge on any atom is -0.00438 e. The Hall–Kier alpha value is -0.0400. The van der Waals surface area contributed by atoms with Crippen molar-refractivity contribution in [3.63, 3.8) is 0 Å². The van der Waals surface area contributed by atoms with Gasteiger partial charge >= 0.3 is 0 Å². The zero-order valence-corrected chi connectivity index (χ0v) is 7.84. The first-order valence-electron chi connectivity index (χ1n) is 4.95. The van der Waals surface area contributed by atoms with Crippen LogP contribution in [0.25, 0.3) is 0 Å². The van der Waals surface area contributed by atoms with Crippen LogP contribution in [-0.2, 0) is 0 Å². The number of nitrogens with two attached hydrogens (primary N) is 1. The van der Waals surface area contributed by atoms with Crippen LogP contribution >= 0.6 is 0 Å². The summed E-state index contributed by atoms with van der Waals surface area (Å²) >= 11 is 0. The maximum absolute atomic E-state index is 5.75. The lowest BCUT2D eigenvalue weighted by atomic mass is 9.83. The van der Waals surface area contributed by atoms with E-state index in [-0.39, 0.29) is 0 Å². The quantitative estimate of drug-likeness (QED) is 0.578. The molecule has 0 aromatic carbocycles. The molecule has 1 saturated carbocycles. The molecule has 0 aromatic rings. The molecule has 0 radical (unpaired) electrons. The largest absolute Gasteiger partial charge is 0.330 e. The van der Waals surface area contributed by atoms with Gasteiger partial charge in [0.15, 0.2) is 0 Å². The lowest BCUT2D eigenvalue weighted by molar-refractivity contribution is 0.267. The highest BCUT2D eigenvalue weighted by Gasteiger charge is 2.24. The van der Waals surface area contributed by atoms with E-state index in [4.69, 9.17) is 5.73 Å². The van der Waals surface area contributed by atoms with Crippen molar-refractivity contribution in [2.75, 3.05) is 6.54 Å². The van der Waals surface area contributed by atoms with Crippen molar-refractivity contribution >= 4 is 0 Å². The Morgan fingerprint density at radius 1 is 1.09 bits per heavy atom. The molecule has 0 amide bonds. The molecule has 1 aliphatic carbocycles. The van der Waals surface area contributed by atoms with Gasteiger partial charge in [0.05, 0.1) is 0 Å². The summed E-state index contributed by atoms with van der Waals surface area (Å²) in [6.45, 7) is 5.61. The van der Waals surface area contributed by atoms with Gasteiger partial charge in [0.1, 0.15) is 0 Å². The molecular formula is C10H21N. The van der Waals surface area contributed by atoms with Crippen LogP contribution in [0.4, 0.5) is 0 Å². The zero-order valence-electron chi connectivity index (χ0n) is 7.84. The Labute approximate surface area is 70.4 Å². The van der Waals surface area contributed by atoms with Crippen LogP contribution in [0.2, 0.25) is 0 Å². The van der Waals surface area contributed by atoms with Crippen molar-refractivity contribution in [2.24, 2.45) is 23.5 Å². The molecule has 1 aliphatic rings. The molecule has 2 atom stereocenters. The summed E-state index contributed by atoms with van der Waals surface area (Å²) in [4.78, 5) is 0. The third-order valence-electron chi connectivity index (χ3n) is 3.30. The summed E-state index contributed by atoms with van der Waals surface area (Å²) in [5.74, 6) is 2.51. The molecule has 1 heteroatoms. The molecule has 0 aromatic heterocycles. The fourth-order valence-electron chi connectivity index (χ4n) is 2.39. The molecule has 0 spiro atoms. The summed E-state index contributed by atoms with van der Waals surface area (Å²) in [5.41, 5.74) is 5.75. The van der Waals surface area contributed by atoms with Crippen LogP contribution in [0.3, 0.4) is 0 Å². The second-order valence-electron chi connectivity index (χ2n) is 4.14. The van der Waals surface area contributed by atoms with Gasteiger partial charge in [0.25, 0.3) is 0 Å². The van der Waals surface area contributed by atoms with Crippen molar-refractivity contribution < 1.29 is 0 Å². The molecule has 0 aliphatic heterocycles. The zero-order chi connectivity index (χ0) is 8.27. The van der Waals surface area contributed by atoms with E-state index in [1.54, 1.807) is 0 Å². The summed E-state index contributed by atoms with van der Waals surface area (Å²) < 4.78 is 0. The van der Waals surface area contributed by atoms with Crippen molar-refractivity contribution in [2.45, 2.75) is 39.5 Å². The van der Waals surface area contributed by atoms with E-state index in [1.165, 1.54) is 25.7 Å². The molecule has 0 saturated heterocycles. The molecule has 1 fully saturated rings. The van der Waals surface area contributed by atoms with Crippen molar-refractivity contribution in [3.05, 3.63) is 0 Å². The minimum atomic E-state index is 0.789. The molecule has 0 bridgehead atoms. The SMILES string of the molecule is CC1CCCCC(C)C1CN. The Balaban J connectivity index is 2.51. The van der Waals surface area contributed by atoms with Gasteiger partial charge in [-0.3, -0.25) is 0 Å². The standard InChI is InChI=1S/C10H21N/c1-8-5-3-4-6-9(2)10(8)7-11/h8-10H,3-7,11H2,1-2H3. The van der Waals surface area contributed by atoms with Gasteiger partial charge in [-0.2, -0.15) is 0 Å². The lowest BCUT2D eigenvalue weighted by Crippen LogP contribution is -2.26. The van der Waals surface area contributed by atoms with Gasteiger partial charge in [-0.15, -0.1) is 0 Å². The fraction of sp³-hybridized carbons (Fsp3) is 1.00. The van der Waals surface area contributed by atoms with Crippen molar-refractivity contribution in [3.8, 4) is 0 Å². The summed E-state index contributed by atoms with van der Waals surface area (Å²) in [6.07, 6.45) is 5.63. The highest BCUT2D eigenvalue weighted by Crippen LogP contribution is 2.31. The average Bonchev–Trinajstić information content (AvgIpc) is 2.12. The minimum Gasteiger partial charge on any atom is -0.330 e. The Morgan fingerprint density at radius 2 is 1.55 bits per heavy atom. The monoisotopic (exact) mass is 155 g/mol. The topological polar surface area (TPSA) is 26.0 Å². The first kappa shape index (κ1) is 9.05. The predicted octanol–water partition coefficient (Wildman–Crippen LogP) is 2.41. The Kier molecular flexibility index (Phi) is 3.38. The molecule has 0 heterocycles. The van der Waals surface area contributed by atoms with Gasteiger partial charge < -0.3 is 5.73 Å². The normalized spacial score (nSPS) is 40.1. The van der Waals surface area contributed by atoms with Gasteiger partial charge in [-0.25, -0.2) is 0 Å². The third kappa shape index (κ3) is 2.19. The van der Waals surface area contributed by atoms with Gasteiger partial charge in [-0.05, 0) is 24.3 Å². The van der Waals surface area contributed by atoms with Crippen LogP contribution in [0.1, 0.15) is 39.5 Å². The summed E-state index contributed by atoms with van der Waals surface area (Å²) in [5, 5.41) is 0. The van der Waals surface area contributed by atoms with E-state index < -0.39 is 0 Å². The molecule has 2 unspecified atom stereocenters. The molecular weight excluding hydrogens is 134 g/mol. The van der Waals surface area contributed by atoms with Gasteiger partial charge in [-0.1, -0.05) is 39.5 Å². The van der Waals surface area contributed by atoms with Crippen LogP contribution in [0, 0.1) is 17.8 Å². The first-order valence-corrected chi connectivity index (χ1v) is 4.95. The molecule has 66 valence electrons. The highest BCUT2D eigenvalue weighted by molar-refractivity contribution is 4.76. The smallest absolute Gasteiger partial charge is 0.00438 e. The van der Waals surface area contributed by atoms with E-state index in [0.29, 0.717) is 0 Å². The lowest BCUT2D eigenvalue weighted by Gasteiger charge is -2.25. The van der Waals surface area contributed by atoms with Crippen LogP contribution < -0.4 is 5.73 Å². The maximum atomic E-state index is 5.75. The van der Waals surface area contributed by atoms with Crippen LogP contribution in [-0.4, -0.2) is 6.54 Å². The van der Waals surface area contributed by atoms with Crippen molar-refractivity contribution in [1.82, 2.24) is 0 Å². The van der Waals surface area contributed by atoms with E-state index in [0.717, 1.165) is 24.3 Å². The summed E-state index contributed by atoms with van der Waals surface area (Å²) in [6, 6.07) is 0. The molecule has 1 nitrogen and oxygen atoms in total. The second kappa shape index (κ2) is 4.10.